The van der Waals surface area contributed by atoms with Gasteiger partial charge in [-0.2, -0.15) is 0 Å². The van der Waals surface area contributed by atoms with Crippen LogP contribution >= 0.6 is 0 Å². The summed E-state index contributed by atoms with van der Waals surface area (Å²) in [4.78, 5) is 22.4. The third-order valence-corrected chi connectivity index (χ3v) is 3.07. The van der Waals surface area contributed by atoms with E-state index >= 15 is 0 Å². The summed E-state index contributed by atoms with van der Waals surface area (Å²) < 4.78 is 9.72. The van der Waals surface area contributed by atoms with Gasteiger partial charge in [0.1, 0.15) is 6.61 Å². The lowest BCUT2D eigenvalue weighted by Gasteiger charge is -2.15. The molecule has 0 saturated carbocycles. The van der Waals surface area contributed by atoms with E-state index in [1.807, 2.05) is 26.8 Å². The average Bonchev–Trinajstić information content (AvgIpc) is 2.43. The number of allylic oxidation sites excluding steroid dienone is 1. The van der Waals surface area contributed by atoms with Crippen LogP contribution in [0.2, 0.25) is 0 Å². The van der Waals surface area contributed by atoms with Gasteiger partial charge in [0.2, 0.25) is 0 Å². The fraction of sp³-hybridized carbons (Fsp3) is 0.765. The van der Waals surface area contributed by atoms with Crippen molar-refractivity contribution in [3.63, 3.8) is 0 Å². The molecule has 122 valence electrons. The first-order chi connectivity index (χ1) is 9.88. The van der Waals surface area contributed by atoms with Crippen LogP contribution in [0.3, 0.4) is 0 Å². The van der Waals surface area contributed by atoms with Gasteiger partial charge >= 0.3 is 11.9 Å². The first-order valence-corrected chi connectivity index (χ1v) is 7.77. The normalized spacial score (nSPS) is 11.6. The molecule has 0 amide bonds. The molecular formula is C17H30O4. The summed E-state index contributed by atoms with van der Waals surface area (Å²) >= 11 is 0. The minimum atomic E-state index is -0.433. The molecule has 0 saturated heterocycles. The van der Waals surface area contributed by atoms with Crippen molar-refractivity contribution in [3.05, 3.63) is 12.2 Å². The van der Waals surface area contributed by atoms with Gasteiger partial charge in [-0.25, -0.2) is 0 Å². The molecule has 0 heterocycles. The monoisotopic (exact) mass is 298 g/mol. The molecule has 0 aromatic rings. The lowest BCUT2D eigenvalue weighted by Crippen LogP contribution is -2.22. The van der Waals surface area contributed by atoms with Crippen molar-refractivity contribution in [1.29, 1.82) is 0 Å². The van der Waals surface area contributed by atoms with Crippen LogP contribution in [-0.4, -0.2) is 25.7 Å². The summed E-state index contributed by atoms with van der Waals surface area (Å²) in [6.45, 7) is 5.90. The van der Waals surface area contributed by atoms with E-state index in [0.717, 1.165) is 38.5 Å². The van der Waals surface area contributed by atoms with Crippen LogP contribution < -0.4 is 0 Å². The minimum Gasteiger partial charge on any atom is -0.469 e. The largest absolute Gasteiger partial charge is 0.469 e. The van der Waals surface area contributed by atoms with Crippen molar-refractivity contribution in [2.45, 2.75) is 65.7 Å². The molecule has 4 heteroatoms. The van der Waals surface area contributed by atoms with E-state index in [4.69, 9.17) is 4.74 Å². The van der Waals surface area contributed by atoms with Crippen LogP contribution in [0.15, 0.2) is 12.2 Å². The molecule has 21 heavy (non-hydrogen) atoms. The van der Waals surface area contributed by atoms with Crippen molar-refractivity contribution < 1.29 is 19.1 Å². The van der Waals surface area contributed by atoms with Crippen LogP contribution in [-0.2, 0) is 19.1 Å². The Morgan fingerprint density at radius 1 is 0.952 bits per heavy atom. The first-order valence-electron chi connectivity index (χ1n) is 7.77. The van der Waals surface area contributed by atoms with Crippen molar-refractivity contribution in [1.82, 2.24) is 0 Å². The number of ether oxygens (including phenoxy) is 2. The standard InChI is InChI=1S/C17H30O4/c1-17(2,3)16(19)21-14-12-10-8-6-5-7-9-11-13-15(18)20-4/h10,12H,5-9,11,13-14H2,1-4H3/b12-10+. The van der Waals surface area contributed by atoms with Gasteiger partial charge in [-0.15, -0.1) is 0 Å². The number of rotatable bonds is 10. The number of carbonyl (C=O) groups is 2. The molecule has 0 radical (unpaired) electrons. The van der Waals surface area contributed by atoms with Gasteiger partial charge in [0.15, 0.2) is 0 Å². The first kappa shape index (κ1) is 19.7. The van der Waals surface area contributed by atoms with Crippen molar-refractivity contribution in [2.24, 2.45) is 5.41 Å². The molecule has 0 spiro atoms. The van der Waals surface area contributed by atoms with E-state index in [9.17, 15) is 9.59 Å². The molecule has 0 aliphatic rings. The molecule has 0 fully saturated rings. The van der Waals surface area contributed by atoms with Gasteiger partial charge in [0.25, 0.3) is 0 Å². The zero-order valence-electron chi connectivity index (χ0n) is 13.9. The summed E-state index contributed by atoms with van der Waals surface area (Å²) in [6, 6.07) is 0. The molecule has 0 aromatic carbocycles. The fourth-order valence-electron chi connectivity index (χ4n) is 1.69. The number of unbranched alkanes of at least 4 members (excludes halogenated alkanes) is 5. The highest BCUT2D eigenvalue weighted by Gasteiger charge is 2.22. The van der Waals surface area contributed by atoms with Crippen LogP contribution in [0.1, 0.15) is 65.7 Å². The molecule has 0 aliphatic heterocycles. The molecule has 0 aliphatic carbocycles. The SMILES string of the molecule is COC(=O)CCCCCCC/C=C/COC(=O)C(C)(C)C. The second-order valence-corrected chi connectivity index (χ2v) is 6.20. The highest BCUT2D eigenvalue weighted by Crippen LogP contribution is 2.14. The van der Waals surface area contributed by atoms with E-state index in [2.05, 4.69) is 10.8 Å². The molecule has 4 nitrogen and oxygen atoms in total. The predicted octanol–water partition coefficient (Wildman–Crippen LogP) is 4.04. The van der Waals surface area contributed by atoms with E-state index in [-0.39, 0.29) is 11.9 Å². The molecule has 0 N–H and O–H groups in total. The van der Waals surface area contributed by atoms with Gasteiger partial charge in [-0.3, -0.25) is 9.59 Å². The van der Waals surface area contributed by atoms with Gasteiger partial charge in [-0.1, -0.05) is 31.4 Å². The molecule has 0 unspecified atom stereocenters. The maximum atomic E-state index is 11.5. The molecular weight excluding hydrogens is 268 g/mol. The Morgan fingerprint density at radius 2 is 1.57 bits per heavy atom. The zero-order valence-corrected chi connectivity index (χ0v) is 13.9. The number of esters is 2. The number of methoxy groups -OCH3 is 1. The van der Waals surface area contributed by atoms with Gasteiger partial charge < -0.3 is 9.47 Å². The maximum Gasteiger partial charge on any atom is 0.311 e. The van der Waals surface area contributed by atoms with Gasteiger partial charge in [0.05, 0.1) is 12.5 Å². The summed E-state index contributed by atoms with van der Waals surface area (Å²) in [5.74, 6) is -0.291. The van der Waals surface area contributed by atoms with Crippen molar-refractivity contribution >= 4 is 11.9 Å². The number of hydrogen-bond acceptors (Lipinski definition) is 4. The minimum absolute atomic E-state index is 0.122. The summed E-state index contributed by atoms with van der Waals surface area (Å²) in [5.41, 5.74) is -0.433. The fourth-order valence-corrected chi connectivity index (χ4v) is 1.69. The average molecular weight is 298 g/mol. The summed E-state index contributed by atoms with van der Waals surface area (Å²) in [6.07, 6.45) is 10.9. The number of hydrogen-bond donors (Lipinski definition) is 0. The smallest absolute Gasteiger partial charge is 0.311 e. The predicted molar refractivity (Wildman–Crippen MR) is 83.9 cm³/mol. The van der Waals surface area contributed by atoms with Crippen LogP contribution in [0, 0.1) is 5.41 Å². The Kier molecular flexibility index (Phi) is 10.6. The number of carbonyl (C=O) groups excluding carboxylic acids is 2. The Bertz CT molecular complexity index is 326. The maximum absolute atomic E-state index is 11.5. The molecule has 0 aromatic heterocycles. The second-order valence-electron chi connectivity index (χ2n) is 6.20. The van der Waals surface area contributed by atoms with Crippen LogP contribution in [0.4, 0.5) is 0 Å². The molecule has 0 bridgehead atoms. The van der Waals surface area contributed by atoms with E-state index in [1.54, 1.807) is 0 Å². The Balaban J connectivity index is 3.37. The van der Waals surface area contributed by atoms with Gasteiger partial charge in [0, 0.05) is 6.42 Å². The van der Waals surface area contributed by atoms with E-state index < -0.39 is 5.41 Å². The van der Waals surface area contributed by atoms with Crippen LogP contribution in [0.5, 0.6) is 0 Å². The molecule has 0 atom stereocenters. The van der Waals surface area contributed by atoms with Crippen molar-refractivity contribution in [3.8, 4) is 0 Å². The van der Waals surface area contributed by atoms with Crippen LogP contribution in [0.25, 0.3) is 0 Å². The third kappa shape index (κ3) is 12.2. The van der Waals surface area contributed by atoms with E-state index in [1.165, 1.54) is 7.11 Å². The second kappa shape index (κ2) is 11.4. The quantitative estimate of drug-likeness (QED) is 0.347. The van der Waals surface area contributed by atoms with E-state index in [0.29, 0.717) is 13.0 Å². The third-order valence-electron chi connectivity index (χ3n) is 3.07. The van der Waals surface area contributed by atoms with Gasteiger partial charge in [-0.05, 0) is 40.0 Å². The lowest BCUT2D eigenvalue weighted by molar-refractivity contribution is -0.151. The Labute approximate surface area is 128 Å². The summed E-state index contributed by atoms with van der Waals surface area (Å²) in [7, 11) is 1.42. The molecule has 0 rings (SSSR count). The topological polar surface area (TPSA) is 52.6 Å². The zero-order chi connectivity index (χ0) is 16.1. The van der Waals surface area contributed by atoms with Crippen molar-refractivity contribution in [2.75, 3.05) is 13.7 Å². The Hall–Kier alpha value is -1.32. The Morgan fingerprint density at radius 3 is 2.19 bits per heavy atom. The highest BCUT2D eigenvalue weighted by molar-refractivity contribution is 5.75. The lowest BCUT2D eigenvalue weighted by atomic mass is 9.97. The highest BCUT2D eigenvalue weighted by atomic mass is 16.5. The summed E-state index contributed by atoms with van der Waals surface area (Å²) in [5, 5.41) is 0.